The molecular weight excluding hydrogens is 392 g/mol. The third kappa shape index (κ3) is 5.88. The van der Waals surface area contributed by atoms with Gasteiger partial charge in [0.15, 0.2) is 11.5 Å². The monoisotopic (exact) mass is 403 g/mol. The highest BCUT2D eigenvalue weighted by molar-refractivity contribution is 5.85. The van der Waals surface area contributed by atoms with E-state index < -0.39 is 36.0 Å². The molecule has 0 aliphatic carbocycles. The Bertz CT molecular complexity index is 734. The van der Waals surface area contributed by atoms with Crippen molar-refractivity contribution in [2.75, 3.05) is 0 Å². The SMILES string of the molecule is Cl.N[C@H](c1ccc(OC(F)(F)F)cc1)c1cccc(OC(F)(F)F)c1O. The molecule has 144 valence electrons. The molecule has 2 aromatic rings. The molecule has 0 saturated carbocycles. The van der Waals surface area contributed by atoms with Crippen molar-refractivity contribution in [2.24, 2.45) is 5.73 Å². The summed E-state index contributed by atoms with van der Waals surface area (Å²) in [6.45, 7) is 0. The second-order valence-corrected chi connectivity index (χ2v) is 4.84. The number of ether oxygens (including phenoxy) is 2. The molecule has 0 amide bonds. The van der Waals surface area contributed by atoms with E-state index in [-0.39, 0.29) is 23.5 Å². The van der Waals surface area contributed by atoms with Gasteiger partial charge in [0.2, 0.25) is 0 Å². The van der Waals surface area contributed by atoms with Gasteiger partial charge in [0.1, 0.15) is 5.75 Å². The van der Waals surface area contributed by atoms with Gasteiger partial charge in [-0.25, -0.2) is 0 Å². The Balaban J connectivity index is 0.00000338. The Hall–Kier alpha value is -2.33. The lowest BCUT2D eigenvalue weighted by molar-refractivity contribution is -0.275. The van der Waals surface area contributed by atoms with E-state index in [0.717, 1.165) is 18.2 Å². The van der Waals surface area contributed by atoms with Crippen LogP contribution < -0.4 is 15.2 Å². The molecule has 0 fully saturated rings. The molecule has 1 atom stereocenters. The van der Waals surface area contributed by atoms with E-state index in [0.29, 0.717) is 0 Å². The Kier molecular flexibility index (Phi) is 6.61. The predicted molar refractivity (Wildman–Crippen MR) is 81.2 cm³/mol. The van der Waals surface area contributed by atoms with Crippen molar-refractivity contribution in [3.8, 4) is 17.2 Å². The lowest BCUT2D eigenvalue weighted by Gasteiger charge is -2.18. The van der Waals surface area contributed by atoms with Crippen molar-refractivity contribution in [1.29, 1.82) is 0 Å². The minimum absolute atomic E-state index is 0. The van der Waals surface area contributed by atoms with Crippen molar-refractivity contribution in [3.63, 3.8) is 0 Å². The van der Waals surface area contributed by atoms with E-state index in [2.05, 4.69) is 9.47 Å². The number of benzene rings is 2. The van der Waals surface area contributed by atoms with Gasteiger partial charge in [0.05, 0.1) is 6.04 Å². The smallest absolute Gasteiger partial charge is 0.504 e. The maximum atomic E-state index is 12.3. The third-order valence-corrected chi connectivity index (χ3v) is 3.06. The first-order chi connectivity index (χ1) is 11.5. The molecule has 3 N–H and O–H groups in total. The van der Waals surface area contributed by atoms with Gasteiger partial charge in [-0.15, -0.1) is 38.7 Å². The normalized spacial score (nSPS) is 12.9. The molecule has 4 nitrogen and oxygen atoms in total. The topological polar surface area (TPSA) is 64.7 Å². The van der Waals surface area contributed by atoms with Crippen molar-refractivity contribution >= 4 is 12.4 Å². The van der Waals surface area contributed by atoms with Crippen LogP contribution in [-0.2, 0) is 0 Å². The number of hydrogen-bond acceptors (Lipinski definition) is 4. The van der Waals surface area contributed by atoms with Gasteiger partial charge in [0.25, 0.3) is 0 Å². The highest BCUT2D eigenvalue weighted by Gasteiger charge is 2.33. The quantitative estimate of drug-likeness (QED) is 0.729. The summed E-state index contributed by atoms with van der Waals surface area (Å²) in [5, 5.41) is 9.91. The van der Waals surface area contributed by atoms with E-state index >= 15 is 0 Å². The summed E-state index contributed by atoms with van der Waals surface area (Å²) < 4.78 is 80.6. The van der Waals surface area contributed by atoms with Crippen molar-refractivity contribution < 1.29 is 40.9 Å². The lowest BCUT2D eigenvalue weighted by Crippen LogP contribution is -2.18. The van der Waals surface area contributed by atoms with Crippen LogP contribution in [0.1, 0.15) is 17.2 Å². The number of phenols is 1. The predicted octanol–water partition coefficient (Wildman–Crippen LogP) is 4.66. The summed E-state index contributed by atoms with van der Waals surface area (Å²) in [5.41, 5.74) is 6.02. The fraction of sp³-hybridized carbons (Fsp3) is 0.200. The van der Waals surface area contributed by atoms with Gasteiger partial charge in [-0.05, 0) is 23.8 Å². The van der Waals surface area contributed by atoms with Gasteiger partial charge in [-0.2, -0.15) is 0 Å². The van der Waals surface area contributed by atoms with Crippen molar-refractivity contribution in [2.45, 2.75) is 18.8 Å². The largest absolute Gasteiger partial charge is 0.573 e. The van der Waals surface area contributed by atoms with Crippen LogP contribution in [0.25, 0.3) is 0 Å². The average molecular weight is 404 g/mol. The van der Waals surface area contributed by atoms with Crippen LogP contribution in [0.5, 0.6) is 17.2 Å². The zero-order valence-electron chi connectivity index (χ0n) is 12.6. The number of halogens is 7. The van der Waals surface area contributed by atoms with Gasteiger partial charge in [0, 0.05) is 5.56 Å². The molecule has 0 aliphatic heterocycles. The Labute approximate surface area is 149 Å². The number of nitrogens with two attached hydrogens (primary N) is 1. The number of alkyl halides is 6. The minimum atomic E-state index is -5.00. The molecule has 0 unspecified atom stereocenters. The van der Waals surface area contributed by atoms with Crippen LogP contribution in [0.4, 0.5) is 26.3 Å². The second-order valence-electron chi connectivity index (χ2n) is 4.84. The summed E-state index contributed by atoms with van der Waals surface area (Å²) in [4.78, 5) is 0. The fourth-order valence-electron chi connectivity index (χ4n) is 2.05. The molecular formula is C15H12ClF6NO3. The molecule has 26 heavy (non-hydrogen) atoms. The lowest BCUT2D eigenvalue weighted by atomic mass is 9.98. The van der Waals surface area contributed by atoms with E-state index in [1.165, 1.54) is 24.3 Å². The summed E-state index contributed by atoms with van der Waals surface area (Å²) >= 11 is 0. The molecule has 0 aliphatic rings. The number of para-hydroxylation sites is 1. The number of hydrogen-bond donors (Lipinski definition) is 2. The molecule has 0 bridgehead atoms. The molecule has 0 spiro atoms. The van der Waals surface area contributed by atoms with Crippen LogP contribution >= 0.6 is 12.4 Å². The number of aromatic hydroxyl groups is 1. The Morgan fingerprint density at radius 2 is 1.38 bits per heavy atom. The van der Waals surface area contributed by atoms with Crippen LogP contribution in [0.3, 0.4) is 0 Å². The summed E-state index contributed by atoms with van der Waals surface area (Å²) in [6.07, 6.45) is -9.86. The maximum absolute atomic E-state index is 12.3. The zero-order chi connectivity index (χ0) is 18.8. The molecule has 0 heterocycles. The first-order valence-electron chi connectivity index (χ1n) is 6.65. The van der Waals surface area contributed by atoms with Crippen LogP contribution in [0.15, 0.2) is 42.5 Å². The molecule has 0 aromatic heterocycles. The van der Waals surface area contributed by atoms with E-state index in [9.17, 15) is 31.4 Å². The number of rotatable bonds is 4. The molecule has 2 rings (SSSR count). The maximum Gasteiger partial charge on any atom is 0.573 e. The van der Waals surface area contributed by atoms with Crippen LogP contribution in [0, 0.1) is 0 Å². The van der Waals surface area contributed by atoms with Gasteiger partial charge in [-0.1, -0.05) is 24.3 Å². The van der Waals surface area contributed by atoms with Crippen LogP contribution in [0.2, 0.25) is 0 Å². The molecule has 0 saturated heterocycles. The van der Waals surface area contributed by atoms with E-state index in [1.54, 1.807) is 0 Å². The third-order valence-electron chi connectivity index (χ3n) is 3.06. The summed E-state index contributed by atoms with van der Waals surface area (Å²) in [7, 11) is 0. The Morgan fingerprint density at radius 3 is 1.88 bits per heavy atom. The summed E-state index contributed by atoms with van der Waals surface area (Å²) in [6, 6.07) is 6.65. The fourth-order valence-corrected chi connectivity index (χ4v) is 2.05. The average Bonchev–Trinajstić information content (AvgIpc) is 2.46. The second kappa shape index (κ2) is 7.92. The van der Waals surface area contributed by atoms with E-state index in [4.69, 9.17) is 5.73 Å². The summed E-state index contributed by atoms with van der Waals surface area (Å²) in [5.74, 6) is -2.14. The zero-order valence-corrected chi connectivity index (χ0v) is 13.5. The highest BCUT2D eigenvalue weighted by atomic mass is 35.5. The minimum Gasteiger partial charge on any atom is -0.504 e. The van der Waals surface area contributed by atoms with Gasteiger partial charge < -0.3 is 20.3 Å². The van der Waals surface area contributed by atoms with Crippen LogP contribution in [-0.4, -0.2) is 17.8 Å². The van der Waals surface area contributed by atoms with Gasteiger partial charge in [-0.3, -0.25) is 0 Å². The number of phenolic OH excluding ortho intramolecular Hbond substituents is 1. The first-order valence-corrected chi connectivity index (χ1v) is 6.65. The van der Waals surface area contributed by atoms with E-state index in [1.807, 2.05) is 0 Å². The van der Waals surface area contributed by atoms with Crippen molar-refractivity contribution in [3.05, 3.63) is 53.6 Å². The molecule has 0 radical (unpaired) electrons. The van der Waals surface area contributed by atoms with Gasteiger partial charge >= 0.3 is 12.7 Å². The Morgan fingerprint density at radius 1 is 0.846 bits per heavy atom. The highest BCUT2D eigenvalue weighted by Crippen LogP contribution is 2.38. The molecule has 2 aromatic carbocycles. The molecule has 11 heteroatoms. The first kappa shape index (κ1) is 21.7. The standard InChI is InChI=1S/C15H11F6NO3.ClH/c16-14(17,18)24-9-6-4-8(5-7-9)12(22)10-2-1-3-11(13(10)23)25-15(19,20)21;/h1-7,12,23H,22H2;1H/t12-;/m1./s1. The van der Waals surface area contributed by atoms with Crippen molar-refractivity contribution in [1.82, 2.24) is 0 Å².